The van der Waals surface area contributed by atoms with E-state index in [1.807, 2.05) is 48.5 Å². The highest BCUT2D eigenvalue weighted by Crippen LogP contribution is 2.23. The van der Waals surface area contributed by atoms with Crippen LogP contribution in [0.5, 0.6) is 17.2 Å². The number of rotatable bonds is 9. The standard InChI is InChI=1S/C26H23NO4/c1-29-23-14-12-21(13-15-23)22(19-27)17-20-7-5-10-25(18-20)31-26(28)11-6-16-30-24-8-3-2-4-9-24/h2-5,7-10,12-15,17-18H,6,11,16H2,1H3/b22-17-. The molecule has 0 aliphatic rings. The first-order chi connectivity index (χ1) is 15.2. The van der Waals surface area contributed by atoms with Crippen molar-refractivity contribution in [1.82, 2.24) is 0 Å². The van der Waals surface area contributed by atoms with Crippen molar-refractivity contribution in [2.45, 2.75) is 12.8 Å². The summed E-state index contributed by atoms with van der Waals surface area (Å²) in [5, 5.41) is 9.54. The molecule has 0 bridgehead atoms. The zero-order chi connectivity index (χ0) is 21.9. The van der Waals surface area contributed by atoms with Crippen molar-refractivity contribution >= 4 is 17.6 Å². The molecule has 0 aliphatic carbocycles. The van der Waals surface area contributed by atoms with E-state index in [2.05, 4.69) is 6.07 Å². The predicted octanol–water partition coefficient (Wildman–Crippen LogP) is 5.52. The van der Waals surface area contributed by atoms with Crippen LogP contribution in [0.1, 0.15) is 24.0 Å². The van der Waals surface area contributed by atoms with Gasteiger partial charge in [-0.1, -0.05) is 30.3 Å². The van der Waals surface area contributed by atoms with Crippen LogP contribution >= 0.6 is 0 Å². The molecule has 0 heterocycles. The van der Waals surface area contributed by atoms with Crippen LogP contribution in [-0.4, -0.2) is 19.7 Å². The van der Waals surface area contributed by atoms with E-state index in [0.717, 1.165) is 22.6 Å². The van der Waals surface area contributed by atoms with Crippen LogP contribution in [0.4, 0.5) is 0 Å². The lowest BCUT2D eigenvalue weighted by molar-refractivity contribution is -0.134. The number of hydrogen-bond donors (Lipinski definition) is 0. The summed E-state index contributed by atoms with van der Waals surface area (Å²) < 4.78 is 16.2. The van der Waals surface area contributed by atoms with Gasteiger partial charge in [0.1, 0.15) is 17.2 Å². The van der Waals surface area contributed by atoms with E-state index in [1.165, 1.54) is 0 Å². The van der Waals surface area contributed by atoms with Crippen LogP contribution in [0.2, 0.25) is 0 Å². The molecule has 3 aromatic carbocycles. The van der Waals surface area contributed by atoms with Crippen molar-refractivity contribution in [2.24, 2.45) is 0 Å². The number of carbonyl (C=O) groups excluding carboxylic acids is 1. The number of esters is 1. The fourth-order valence-electron chi connectivity index (χ4n) is 2.89. The summed E-state index contributed by atoms with van der Waals surface area (Å²) in [5.74, 6) is 1.62. The fourth-order valence-corrected chi connectivity index (χ4v) is 2.89. The number of para-hydroxylation sites is 1. The Balaban J connectivity index is 1.56. The van der Waals surface area contributed by atoms with Crippen molar-refractivity contribution in [2.75, 3.05) is 13.7 Å². The Morgan fingerprint density at radius 1 is 0.935 bits per heavy atom. The summed E-state index contributed by atoms with van der Waals surface area (Å²) >= 11 is 0. The van der Waals surface area contributed by atoms with Gasteiger partial charge in [-0.3, -0.25) is 4.79 Å². The van der Waals surface area contributed by atoms with E-state index in [-0.39, 0.29) is 12.4 Å². The van der Waals surface area contributed by atoms with Gasteiger partial charge < -0.3 is 14.2 Å². The van der Waals surface area contributed by atoms with Crippen molar-refractivity contribution in [3.8, 4) is 23.3 Å². The molecule has 0 radical (unpaired) electrons. The molecule has 3 aromatic rings. The number of hydrogen-bond acceptors (Lipinski definition) is 5. The SMILES string of the molecule is COc1ccc(/C(C#N)=C\c2cccc(OC(=O)CCCOc3ccccc3)c2)cc1. The van der Waals surface area contributed by atoms with Gasteiger partial charge in [-0.25, -0.2) is 0 Å². The Kier molecular flexibility index (Phi) is 7.84. The third-order valence-electron chi connectivity index (χ3n) is 4.46. The molecule has 0 aromatic heterocycles. The van der Waals surface area contributed by atoms with Gasteiger partial charge in [-0.05, 0) is 72.2 Å². The second-order valence-electron chi connectivity index (χ2n) is 6.71. The van der Waals surface area contributed by atoms with E-state index in [0.29, 0.717) is 24.4 Å². The summed E-state index contributed by atoms with van der Waals surface area (Å²) in [4.78, 5) is 12.1. The van der Waals surface area contributed by atoms with E-state index < -0.39 is 0 Å². The Morgan fingerprint density at radius 2 is 1.68 bits per heavy atom. The molecule has 0 atom stereocenters. The summed E-state index contributed by atoms with van der Waals surface area (Å²) in [6.07, 6.45) is 2.57. The van der Waals surface area contributed by atoms with Gasteiger partial charge in [0.15, 0.2) is 0 Å². The maximum atomic E-state index is 12.1. The maximum absolute atomic E-state index is 12.1. The molecule has 0 aliphatic heterocycles. The number of allylic oxidation sites excluding steroid dienone is 1. The Hall–Kier alpha value is -4.04. The van der Waals surface area contributed by atoms with Gasteiger partial charge in [0.2, 0.25) is 0 Å². The minimum Gasteiger partial charge on any atom is -0.497 e. The molecule has 5 nitrogen and oxygen atoms in total. The largest absolute Gasteiger partial charge is 0.497 e. The molecule has 3 rings (SSSR count). The minimum absolute atomic E-state index is 0.252. The first kappa shape index (κ1) is 21.7. The maximum Gasteiger partial charge on any atom is 0.311 e. The summed E-state index contributed by atoms with van der Waals surface area (Å²) in [6, 6.07) is 26.0. The van der Waals surface area contributed by atoms with Gasteiger partial charge in [0.25, 0.3) is 0 Å². The highest BCUT2D eigenvalue weighted by atomic mass is 16.5. The van der Waals surface area contributed by atoms with Crippen LogP contribution in [0.15, 0.2) is 78.9 Å². The monoisotopic (exact) mass is 413 g/mol. The summed E-state index contributed by atoms with van der Waals surface area (Å²) in [5.41, 5.74) is 2.05. The predicted molar refractivity (Wildman–Crippen MR) is 120 cm³/mol. The van der Waals surface area contributed by atoms with Crippen molar-refractivity contribution in [3.63, 3.8) is 0 Å². The molecule has 0 N–H and O–H groups in total. The van der Waals surface area contributed by atoms with Crippen molar-refractivity contribution < 1.29 is 19.0 Å². The van der Waals surface area contributed by atoms with Crippen molar-refractivity contribution in [3.05, 3.63) is 90.0 Å². The zero-order valence-corrected chi connectivity index (χ0v) is 17.3. The van der Waals surface area contributed by atoms with E-state index in [1.54, 1.807) is 43.5 Å². The number of ether oxygens (including phenoxy) is 3. The fraction of sp³-hybridized carbons (Fsp3) is 0.154. The highest BCUT2D eigenvalue weighted by Gasteiger charge is 2.07. The lowest BCUT2D eigenvalue weighted by atomic mass is 10.0. The molecule has 0 amide bonds. The Labute approximate surface area is 182 Å². The third-order valence-corrected chi connectivity index (χ3v) is 4.46. The lowest BCUT2D eigenvalue weighted by Crippen LogP contribution is -2.10. The van der Waals surface area contributed by atoms with Crippen molar-refractivity contribution in [1.29, 1.82) is 5.26 Å². The van der Waals surface area contributed by atoms with Crippen LogP contribution in [-0.2, 0) is 4.79 Å². The quantitative estimate of drug-likeness (QED) is 0.152. The molecule has 0 saturated carbocycles. The minimum atomic E-state index is -0.326. The Bertz CT molecular complexity index is 1070. The van der Waals surface area contributed by atoms with E-state index >= 15 is 0 Å². The zero-order valence-electron chi connectivity index (χ0n) is 17.3. The smallest absolute Gasteiger partial charge is 0.311 e. The van der Waals surface area contributed by atoms with E-state index in [4.69, 9.17) is 14.2 Å². The highest BCUT2D eigenvalue weighted by molar-refractivity contribution is 5.89. The van der Waals surface area contributed by atoms with Gasteiger partial charge in [0.05, 0.1) is 25.4 Å². The molecule has 0 fully saturated rings. The second kappa shape index (κ2) is 11.2. The molecule has 0 spiro atoms. The first-order valence-corrected chi connectivity index (χ1v) is 9.93. The molecule has 156 valence electrons. The van der Waals surface area contributed by atoms with Crippen LogP contribution in [0, 0.1) is 11.3 Å². The number of nitrogens with zero attached hydrogens (tertiary/aromatic N) is 1. The average Bonchev–Trinajstić information content (AvgIpc) is 2.81. The number of benzene rings is 3. The normalized spacial score (nSPS) is 10.8. The molecule has 0 saturated heterocycles. The summed E-state index contributed by atoms with van der Waals surface area (Å²) in [6.45, 7) is 0.440. The summed E-state index contributed by atoms with van der Waals surface area (Å²) in [7, 11) is 1.60. The van der Waals surface area contributed by atoms with Gasteiger partial charge in [0, 0.05) is 6.42 Å². The number of methoxy groups -OCH3 is 1. The van der Waals surface area contributed by atoms with Crippen LogP contribution < -0.4 is 14.2 Å². The lowest BCUT2D eigenvalue weighted by Gasteiger charge is -2.07. The molecular weight excluding hydrogens is 390 g/mol. The third kappa shape index (κ3) is 6.76. The second-order valence-corrected chi connectivity index (χ2v) is 6.71. The molecular formula is C26H23NO4. The first-order valence-electron chi connectivity index (χ1n) is 9.93. The molecule has 31 heavy (non-hydrogen) atoms. The average molecular weight is 413 g/mol. The van der Waals surface area contributed by atoms with Crippen LogP contribution in [0.25, 0.3) is 11.6 Å². The Morgan fingerprint density at radius 3 is 2.39 bits per heavy atom. The topological polar surface area (TPSA) is 68.5 Å². The van der Waals surface area contributed by atoms with E-state index in [9.17, 15) is 10.1 Å². The number of carbonyl (C=O) groups is 1. The van der Waals surface area contributed by atoms with Gasteiger partial charge in [-0.15, -0.1) is 0 Å². The van der Waals surface area contributed by atoms with Gasteiger partial charge in [-0.2, -0.15) is 5.26 Å². The van der Waals surface area contributed by atoms with Gasteiger partial charge >= 0.3 is 5.97 Å². The number of nitriles is 1. The molecule has 0 unspecified atom stereocenters. The van der Waals surface area contributed by atoms with Crippen LogP contribution in [0.3, 0.4) is 0 Å². The molecule has 5 heteroatoms.